The highest BCUT2D eigenvalue weighted by atomic mass is 16.4. The van der Waals surface area contributed by atoms with Gasteiger partial charge in [0.05, 0.1) is 11.7 Å². The van der Waals surface area contributed by atoms with Crippen LogP contribution in [0.1, 0.15) is 19.3 Å². The molecule has 104 valence electrons. The number of nitrogens with one attached hydrogen (secondary N) is 2. The third kappa shape index (κ3) is 3.70. The van der Waals surface area contributed by atoms with Gasteiger partial charge in [-0.3, -0.25) is 4.79 Å². The maximum absolute atomic E-state index is 11.5. The Bertz CT molecular complexity index is 440. The predicted molar refractivity (Wildman–Crippen MR) is 67.5 cm³/mol. The van der Waals surface area contributed by atoms with Crippen molar-refractivity contribution in [3.8, 4) is 0 Å². The van der Waals surface area contributed by atoms with E-state index in [-0.39, 0.29) is 12.6 Å². The van der Waals surface area contributed by atoms with Gasteiger partial charge >= 0.3 is 12.0 Å². The molecule has 0 aromatic carbocycles. The van der Waals surface area contributed by atoms with Gasteiger partial charge in [0, 0.05) is 32.0 Å². The zero-order valence-corrected chi connectivity index (χ0v) is 10.6. The van der Waals surface area contributed by atoms with Crippen molar-refractivity contribution in [2.24, 2.45) is 5.41 Å². The number of rotatable bonds is 7. The van der Waals surface area contributed by atoms with Crippen LogP contribution in [0.4, 0.5) is 4.79 Å². The second kappa shape index (κ2) is 5.73. The SMILES string of the molecule is O=C(NCCCn1ccnc1)NCC1(C(=O)O)CC1. The first-order valence-corrected chi connectivity index (χ1v) is 6.33. The van der Waals surface area contributed by atoms with Crippen molar-refractivity contribution < 1.29 is 14.7 Å². The van der Waals surface area contributed by atoms with Gasteiger partial charge in [0.15, 0.2) is 0 Å². The molecular weight excluding hydrogens is 248 g/mol. The van der Waals surface area contributed by atoms with Gasteiger partial charge < -0.3 is 20.3 Å². The van der Waals surface area contributed by atoms with Gasteiger partial charge in [-0.15, -0.1) is 0 Å². The summed E-state index contributed by atoms with van der Waals surface area (Å²) in [5, 5.41) is 14.3. The number of hydrogen-bond donors (Lipinski definition) is 3. The minimum atomic E-state index is -0.826. The lowest BCUT2D eigenvalue weighted by atomic mass is 10.1. The number of amides is 2. The lowest BCUT2D eigenvalue weighted by Crippen LogP contribution is -2.41. The number of aromatic nitrogens is 2. The van der Waals surface area contributed by atoms with Crippen molar-refractivity contribution in [1.82, 2.24) is 20.2 Å². The Hall–Kier alpha value is -2.05. The van der Waals surface area contributed by atoms with Crippen LogP contribution in [0, 0.1) is 5.41 Å². The first kappa shape index (κ1) is 13.4. The number of carbonyl (C=O) groups is 2. The van der Waals surface area contributed by atoms with Crippen molar-refractivity contribution >= 4 is 12.0 Å². The minimum Gasteiger partial charge on any atom is -0.481 e. The van der Waals surface area contributed by atoms with Crippen molar-refractivity contribution in [3.63, 3.8) is 0 Å². The fourth-order valence-electron chi connectivity index (χ4n) is 1.81. The van der Waals surface area contributed by atoms with E-state index in [2.05, 4.69) is 15.6 Å². The molecule has 0 aliphatic heterocycles. The van der Waals surface area contributed by atoms with E-state index in [4.69, 9.17) is 5.11 Å². The van der Waals surface area contributed by atoms with Crippen molar-refractivity contribution in [2.45, 2.75) is 25.8 Å². The fourth-order valence-corrected chi connectivity index (χ4v) is 1.81. The monoisotopic (exact) mass is 266 g/mol. The number of aliphatic carboxylic acids is 1. The van der Waals surface area contributed by atoms with Crippen LogP contribution in [0.2, 0.25) is 0 Å². The van der Waals surface area contributed by atoms with E-state index in [0.717, 1.165) is 13.0 Å². The second-order valence-electron chi connectivity index (χ2n) is 4.85. The number of imidazole rings is 1. The van der Waals surface area contributed by atoms with Gasteiger partial charge in [0.2, 0.25) is 0 Å². The van der Waals surface area contributed by atoms with Crippen LogP contribution < -0.4 is 10.6 Å². The molecule has 1 aliphatic rings. The van der Waals surface area contributed by atoms with Crippen LogP contribution in [0.5, 0.6) is 0 Å². The van der Waals surface area contributed by atoms with Crippen molar-refractivity contribution in [3.05, 3.63) is 18.7 Å². The summed E-state index contributed by atoms with van der Waals surface area (Å²) in [4.78, 5) is 26.3. The van der Waals surface area contributed by atoms with Crippen LogP contribution in [-0.4, -0.2) is 39.7 Å². The zero-order chi connectivity index (χ0) is 13.7. The molecule has 0 spiro atoms. The topological polar surface area (TPSA) is 96.3 Å². The smallest absolute Gasteiger partial charge is 0.314 e. The van der Waals surface area contributed by atoms with Gasteiger partial charge in [-0.2, -0.15) is 0 Å². The van der Waals surface area contributed by atoms with Crippen LogP contribution >= 0.6 is 0 Å². The summed E-state index contributed by atoms with van der Waals surface area (Å²) in [5.74, 6) is -0.826. The van der Waals surface area contributed by atoms with Crippen molar-refractivity contribution in [2.75, 3.05) is 13.1 Å². The van der Waals surface area contributed by atoms with Crippen molar-refractivity contribution in [1.29, 1.82) is 0 Å². The molecule has 2 amide bonds. The Morgan fingerprint density at radius 2 is 2.16 bits per heavy atom. The van der Waals surface area contributed by atoms with E-state index in [1.54, 1.807) is 12.5 Å². The van der Waals surface area contributed by atoms with Gasteiger partial charge in [-0.05, 0) is 19.3 Å². The molecule has 1 fully saturated rings. The standard InChI is InChI=1S/C12H18N4O3/c17-10(18)12(2-3-12)8-15-11(19)14-4-1-6-16-7-5-13-9-16/h5,7,9H,1-4,6,8H2,(H,17,18)(H2,14,15,19). The lowest BCUT2D eigenvalue weighted by molar-refractivity contribution is -0.143. The normalized spacial score (nSPS) is 15.8. The molecule has 7 nitrogen and oxygen atoms in total. The zero-order valence-electron chi connectivity index (χ0n) is 10.6. The highest BCUT2D eigenvalue weighted by molar-refractivity contribution is 5.80. The van der Waals surface area contributed by atoms with Crippen LogP contribution in [0.15, 0.2) is 18.7 Å². The number of carbonyl (C=O) groups excluding carboxylic acids is 1. The lowest BCUT2D eigenvalue weighted by Gasteiger charge is -2.12. The molecular formula is C12H18N4O3. The Labute approximate surface area is 111 Å². The Balaban J connectivity index is 1.56. The molecule has 0 radical (unpaired) electrons. The molecule has 19 heavy (non-hydrogen) atoms. The van der Waals surface area contributed by atoms with E-state index in [0.29, 0.717) is 19.4 Å². The molecule has 1 heterocycles. The molecule has 1 aromatic heterocycles. The van der Waals surface area contributed by atoms with Crippen LogP contribution in [-0.2, 0) is 11.3 Å². The molecule has 1 aromatic rings. The molecule has 0 bridgehead atoms. The van der Waals surface area contributed by atoms with Crippen LogP contribution in [0.3, 0.4) is 0 Å². The highest BCUT2D eigenvalue weighted by Crippen LogP contribution is 2.45. The van der Waals surface area contributed by atoms with E-state index < -0.39 is 11.4 Å². The molecule has 7 heteroatoms. The quantitative estimate of drug-likeness (QED) is 0.624. The van der Waals surface area contributed by atoms with Gasteiger partial charge in [-0.1, -0.05) is 0 Å². The Morgan fingerprint density at radius 3 is 2.74 bits per heavy atom. The summed E-state index contributed by atoms with van der Waals surface area (Å²) in [7, 11) is 0. The average molecular weight is 266 g/mol. The number of carboxylic acid groups (broad SMARTS) is 1. The van der Waals surface area contributed by atoms with Gasteiger partial charge in [0.25, 0.3) is 0 Å². The molecule has 0 atom stereocenters. The average Bonchev–Trinajstić information content (AvgIpc) is 3.01. The molecule has 2 rings (SSSR count). The minimum absolute atomic E-state index is 0.204. The summed E-state index contributed by atoms with van der Waals surface area (Å²) in [6, 6.07) is -0.307. The molecule has 1 aliphatic carbocycles. The summed E-state index contributed by atoms with van der Waals surface area (Å²) in [6.45, 7) is 1.54. The number of aryl methyl sites for hydroxylation is 1. The Kier molecular flexibility index (Phi) is 4.03. The predicted octanol–water partition coefficient (Wildman–Crippen LogP) is 0.437. The number of hydrogen-bond acceptors (Lipinski definition) is 3. The number of carboxylic acids is 1. The van der Waals surface area contributed by atoms with E-state index in [1.165, 1.54) is 0 Å². The summed E-state index contributed by atoms with van der Waals surface area (Å²) < 4.78 is 1.93. The van der Waals surface area contributed by atoms with Gasteiger partial charge in [-0.25, -0.2) is 9.78 Å². The maximum Gasteiger partial charge on any atom is 0.314 e. The third-order valence-electron chi connectivity index (χ3n) is 3.33. The molecule has 0 saturated heterocycles. The summed E-state index contributed by atoms with van der Waals surface area (Å²) >= 11 is 0. The fraction of sp³-hybridized carbons (Fsp3) is 0.583. The van der Waals surface area contributed by atoms with E-state index in [1.807, 2.05) is 10.8 Å². The van der Waals surface area contributed by atoms with Gasteiger partial charge in [0.1, 0.15) is 0 Å². The molecule has 3 N–H and O–H groups in total. The number of urea groups is 1. The summed E-state index contributed by atoms with van der Waals surface area (Å²) in [6.07, 6.45) is 7.38. The van der Waals surface area contributed by atoms with E-state index in [9.17, 15) is 9.59 Å². The van der Waals surface area contributed by atoms with Crippen LogP contribution in [0.25, 0.3) is 0 Å². The molecule has 0 unspecified atom stereocenters. The Morgan fingerprint density at radius 1 is 1.37 bits per heavy atom. The third-order valence-corrected chi connectivity index (χ3v) is 3.33. The summed E-state index contributed by atoms with van der Waals surface area (Å²) in [5.41, 5.74) is -0.714. The molecule has 1 saturated carbocycles. The maximum atomic E-state index is 11.5. The first-order chi connectivity index (χ1) is 9.12. The number of nitrogens with zero attached hydrogens (tertiary/aromatic N) is 2. The highest BCUT2D eigenvalue weighted by Gasteiger charge is 2.50. The second-order valence-corrected chi connectivity index (χ2v) is 4.85. The first-order valence-electron chi connectivity index (χ1n) is 6.33. The van der Waals surface area contributed by atoms with E-state index >= 15 is 0 Å². The largest absolute Gasteiger partial charge is 0.481 e.